The second-order valence-electron chi connectivity index (χ2n) is 8.78. The van der Waals surface area contributed by atoms with E-state index >= 15 is 0 Å². The number of ether oxygens (including phenoxy) is 1. The van der Waals surface area contributed by atoms with Crippen LogP contribution < -0.4 is 8.92 Å². The molecule has 3 amide bonds. The summed E-state index contributed by atoms with van der Waals surface area (Å²) in [5, 5.41) is 0.780. The summed E-state index contributed by atoms with van der Waals surface area (Å²) < 4.78 is 37.1. The first-order valence-electron chi connectivity index (χ1n) is 11.9. The molecule has 2 fully saturated rings. The highest BCUT2D eigenvalue weighted by atomic mass is 32.2. The zero-order valence-electron chi connectivity index (χ0n) is 20.5. The van der Waals surface area contributed by atoms with Crippen LogP contribution in [-0.2, 0) is 19.7 Å². The summed E-state index contributed by atoms with van der Waals surface area (Å²) in [7, 11) is -2.82. The van der Waals surface area contributed by atoms with Crippen LogP contribution in [0.2, 0.25) is 0 Å². The molecule has 0 saturated carbocycles. The van der Waals surface area contributed by atoms with Crippen molar-refractivity contribution >= 4 is 55.8 Å². The maximum Gasteiger partial charge on any atom is 0.339 e. The molecule has 0 N–H and O–H groups in total. The molecule has 38 heavy (non-hydrogen) atoms. The van der Waals surface area contributed by atoms with Gasteiger partial charge in [-0.25, -0.2) is 0 Å². The molecule has 0 aliphatic carbocycles. The fraction of sp³-hybridized carbons (Fsp3) is 0.222. The van der Waals surface area contributed by atoms with Gasteiger partial charge in [-0.2, -0.15) is 8.42 Å². The highest BCUT2D eigenvalue weighted by molar-refractivity contribution is 8.18. The van der Waals surface area contributed by atoms with Crippen molar-refractivity contribution in [3.63, 3.8) is 0 Å². The summed E-state index contributed by atoms with van der Waals surface area (Å²) in [5.41, 5.74) is 0.494. The number of fused-ring (bicyclic) bond motifs is 1. The van der Waals surface area contributed by atoms with Crippen LogP contribution in [0.15, 0.2) is 70.5 Å². The Morgan fingerprint density at radius 2 is 1.74 bits per heavy atom. The average molecular weight is 553 g/mol. The van der Waals surface area contributed by atoms with E-state index < -0.39 is 21.3 Å². The topological polar surface area (TPSA) is 110 Å². The Bertz CT molecular complexity index is 1570. The Balaban J connectivity index is 1.36. The van der Waals surface area contributed by atoms with Gasteiger partial charge >= 0.3 is 10.1 Å². The minimum absolute atomic E-state index is 0.0260. The van der Waals surface area contributed by atoms with Crippen LogP contribution in [-0.4, -0.2) is 62.0 Å². The van der Waals surface area contributed by atoms with Crippen molar-refractivity contribution in [1.29, 1.82) is 0 Å². The van der Waals surface area contributed by atoms with Gasteiger partial charge in [-0.05, 0) is 59.8 Å². The predicted octanol–water partition coefficient (Wildman–Crippen LogP) is 4.27. The quantitative estimate of drug-likeness (QED) is 0.316. The van der Waals surface area contributed by atoms with Crippen LogP contribution >= 0.6 is 11.8 Å². The van der Waals surface area contributed by atoms with E-state index in [0.29, 0.717) is 24.0 Å². The van der Waals surface area contributed by atoms with Gasteiger partial charge in [0, 0.05) is 18.5 Å². The molecule has 2 heterocycles. The lowest BCUT2D eigenvalue weighted by atomic mass is 10.1. The lowest BCUT2D eigenvalue weighted by Gasteiger charge is -2.18. The van der Waals surface area contributed by atoms with Crippen LogP contribution in [0.5, 0.6) is 11.5 Å². The normalized spacial score (nSPS) is 17.0. The first-order valence-corrected chi connectivity index (χ1v) is 14.1. The molecular formula is C27H24N2O7S2. The molecule has 11 heteroatoms. The molecule has 2 aliphatic rings. The van der Waals surface area contributed by atoms with Crippen molar-refractivity contribution in [2.24, 2.45) is 0 Å². The molecule has 3 aromatic carbocycles. The van der Waals surface area contributed by atoms with Crippen molar-refractivity contribution in [2.75, 3.05) is 26.7 Å². The molecule has 9 nitrogen and oxygen atoms in total. The molecule has 0 aromatic heterocycles. The third-order valence-electron chi connectivity index (χ3n) is 6.33. The summed E-state index contributed by atoms with van der Waals surface area (Å²) in [6, 6.07) is 16.5. The monoisotopic (exact) mass is 552 g/mol. The molecule has 196 valence electrons. The van der Waals surface area contributed by atoms with E-state index in [1.807, 2.05) is 18.2 Å². The Labute approximate surface area is 224 Å². The Morgan fingerprint density at radius 3 is 2.50 bits per heavy atom. The van der Waals surface area contributed by atoms with E-state index in [1.165, 1.54) is 31.4 Å². The first kappa shape index (κ1) is 25.8. The smallest absolute Gasteiger partial charge is 0.339 e. The minimum Gasteiger partial charge on any atom is -0.493 e. The average Bonchev–Trinajstić information content (AvgIpc) is 3.54. The fourth-order valence-electron chi connectivity index (χ4n) is 4.41. The largest absolute Gasteiger partial charge is 0.493 e. The van der Waals surface area contributed by atoms with Gasteiger partial charge in [-0.3, -0.25) is 19.3 Å². The molecule has 3 aromatic rings. The van der Waals surface area contributed by atoms with Gasteiger partial charge in [0.2, 0.25) is 5.91 Å². The second kappa shape index (κ2) is 10.5. The minimum atomic E-state index is -4.19. The number of carbonyl (C=O) groups excluding carboxylic acids is 3. The molecule has 0 atom stereocenters. The lowest BCUT2D eigenvalue weighted by molar-refractivity contribution is -0.135. The molecule has 0 unspecified atom stereocenters. The van der Waals surface area contributed by atoms with Crippen molar-refractivity contribution in [3.05, 3.63) is 71.1 Å². The highest BCUT2D eigenvalue weighted by Gasteiger charge is 2.37. The number of amides is 3. The van der Waals surface area contributed by atoms with Crippen LogP contribution in [0.1, 0.15) is 18.4 Å². The summed E-state index contributed by atoms with van der Waals surface area (Å²) in [5.74, 6) is -0.695. The van der Waals surface area contributed by atoms with Gasteiger partial charge in [0.1, 0.15) is 11.4 Å². The van der Waals surface area contributed by atoms with E-state index in [4.69, 9.17) is 8.92 Å². The van der Waals surface area contributed by atoms with Gasteiger partial charge in [-0.15, -0.1) is 0 Å². The fourth-order valence-corrected chi connectivity index (χ4v) is 6.41. The maximum absolute atomic E-state index is 13.1. The van der Waals surface area contributed by atoms with Crippen molar-refractivity contribution in [3.8, 4) is 11.5 Å². The number of hydrogen-bond donors (Lipinski definition) is 0. The molecule has 0 bridgehead atoms. The summed E-state index contributed by atoms with van der Waals surface area (Å²) in [6.07, 6.45) is 3.33. The molecule has 2 aliphatic heterocycles. The third-order valence-corrected chi connectivity index (χ3v) is 8.53. The SMILES string of the molecule is COc1cc(/C=C2\SC(=O)N(CC(=O)N3CCCC3)C2=O)ccc1OS(=O)(=O)c1cccc2ccccc12. The third kappa shape index (κ3) is 5.11. The summed E-state index contributed by atoms with van der Waals surface area (Å²) in [6.45, 7) is 0.981. The number of thioether (sulfide) groups is 1. The van der Waals surface area contributed by atoms with E-state index in [9.17, 15) is 22.8 Å². The first-order chi connectivity index (χ1) is 18.3. The standard InChI is InChI=1S/C27H24N2O7S2/c1-35-22-15-18(16-23-26(31)29(27(32)37-23)17-25(30)28-13-4-5-14-28)11-12-21(22)36-38(33,34)24-10-6-8-19-7-2-3-9-20(19)24/h2-3,6-12,15-16H,4-5,13-14,17H2,1H3/b23-16-. The van der Waals surface area contributed by atoms with Gasteiger partial charge < -0.3 is 13.8 Å². The van der Waals surface area contributed by atoms with E-state index in [2.05, 4.69) is 0 Å². The van der Waals surface area contributed by atoms with Crippen LogP contribution in [0.4, 0.5) is 4.79 Å². The zero-order valence-corrected chi connectivity index (χ0v) is 22.1. The number of imide groups is 1. The predicted molar refractivity (Wildman–Crippen MR) is 143 cm³/mol. The zero-order chi connectivity index (χ0) is 26.9. The Kier molecular flexibility index (Phi) is 7.13. The van der Waals surface area contributed by atoms with Crippen LogP contribution in [0.25, 0.3) is 16.8 Å². The number of methoxy groups -OCH3 is 1. The maximum atomic E-state index is 13.1. The summed E-state index contributed by atoms with van der Waals surface area (Å²) >= 11 is 0.747. The number of benzene rings is 3. The van der Waals surface area contributed by atoms with Gasteiger partial charge in [0.15, 0.2) is 11.5 Å². The van der Waals surface area contributed by atoms with Crippen LogP contribution in [0.3, 0.4) is 0 Å². The van der Waals surface area contributed by atoms with Gasteiger partial charge in [-0.1, -0.05) is 42.5 Å². The highest BCUT2D eigenvalue weighted by Crippen LogP contribution is 2.36. The molecule has 0 spiro atoms. The number of carbonyl (C=O) groups is 3. The van der Waals surface area contributed by atoms with E-state index in [1.54, 1.807) is 29.2 Å². The number of rotatable bonds is 7. The molecule has 2 saturated heterocycles. The van der Waals surface area contributed by atoms with E-state index in [0.717, 1.165) is 34.9 Å². The summed E-state index contributed by atoms with van der Waals surface area (Å²) in [4.78, 5) is 40.5. The molecular weight excluding hydrogens is 528 g/mol. The molecule has 5 rings (SSSR count). The Hall–Kier alpha value is -3.83. The number of hydrogen-bond acceptors (Lipinski definition) is 8. The van der Waals surface area contributed by atoms with Crippen molar-refractivity contribution in [2.45, 2.75) is 17.7 Å². The van der Waals surface area contributed by atoms with Gasteiger partial charge in [0.25, 0.3) is 11.1 Å². The number of likely N-dealkylation sites (tertiary alicyclic amines) is 1. The van der Waals surface area contributed by atoms with E-state index in [-0.39, 0.29) is 33.8 Å². The lowest BCUT2D eigenvalue weighted by Crippen LogP contribution is -2.40. The Morgan fingerprint density at radius 1 is 1.00 bits per heavy atom. The molecule has 0 radical (unpaired) electrons. The second-order valence-corrected chi connectivity index (χ2v) is 11.3. The van der Waals surface area contributed by atoms with Crippen molar-refractivity contribution < 1.29 is 31.7 Å². The van der Waals surface area contributed by atoms with Gasteiger partial charge in [0.05, 0.1) is 12.0 Å². The number of nitrogens with zero attached hydrogens (tertiary/aromatic N) is 2. The van der Waals surface area contributed by atoms with Crippen LogP contribution in [0, 0.1) is 0 Å². The van der Waals surface area contributed by atoms with Crippen molar-refractivity contribution in [1.82, 2.24) is 9.80 Å².